The van der Waals surface area contributed by atoms with E-state index in [4.69, 9.17) is 18.2 Å². The van der Waals surface area contributed by atoms with E-state index in [-0.39, 0.29) is 16.1 Å². The molecule has 238 valence electrons. The van der Waals surface area contributed by atoms with Gasteiger partial charge in [-0.15, -0.1) is 0 Å². The molecule has 3 rings (SSSR count). The van der Waals surface area contributed by atoms with E-state index >= 15 is 0 Å². The van der Waals surface area contributed by atoms with E-state index in [0.717, 1.165) is 34.9 Å². The normalized spacial score (nSPS) is 14.3. The fourth-order valence-electron chi connectivity index (χ4n) is 3.91. The molecule has 0 spiro atoms. The maximum atomic E-state index is 11.3. The fraction of sp³-hybridized carbons (Fsp3) is 0.576. The van der Waals surface area contributed by atoms with Crippen molar-refractivity contribution in [1.82, 2.24) is 15.6 Å². The Kier molecular flexibility index (Phi) is 11.0. The van der Waals surface area contributed by atoms with E-state index in [0.29, 0.717) is 18.8 Å². The van der Waals surface area contributed by atoms with E-state index in [9.17, 15) is 5.11 Å². The van der Waals surface area contributed by atoms with Crippen LogP contribution in [0.5, 0.6) is 17.2 Å². The monoisotopic (exact) mass is 627 g/mol. The van der Waals surface area contributed by atoms with E-state index in [1.54, 1.807) is 0 Å². The van der Waals surface area contributed by atoms with Gasteiger partial charge in [-0.3, -0.25) is 0 Å². The second-order valence-electron chi connectivity index (χ2n) is 14.7. The van der Waals surface area contributed by atoms with Crippen LogP contribution in [0.3, 0.4) is 0 Å². The Morgan fingerprint density at radius 2 is 1.37 bits per heavy atom. The average Bonchev–Trinajstić information content (AvgIpc) is 3.29. The summed E-state index contributed by atoms with van der Waals surface area (Å²) >= 11 is 0. The van der Waals surface area contributed by atoms with Crippen molar-refractivity contribution >= 4 is 16.6 Å². The van der Waals surface area contributed by atoms with Crippen LogP contribution in [0, 0.1) is 6.92 Å². The Bertz CT molecular complexity index is 1280. The largest absolute Gasteiger partial charge is 0.543 e. The van der Waals surface area contributed by atoms with Crippen molar-refractivity contribution in [2.24, 2.45) is 0 Å². The van der Waals surface area contributed by atoms with Gasteiger partial charge in [0, 0.05) is 18.7 Å². The molecule has 2 N–H and O–H groups in total. The Morgan fingerprint density at radius 3 is 1.84 bits per heavy atom. The van der Waals surface area contributed by atoms with Crippen molar-refractivity contribution in [3.63, 3.8) is 0 Å². The molecule has 2 unspecified atom stereocenters. The predicted octanol–water partition coefficient (Wildman–Crippen LogP) is 7.98. The average molecular weight is 628 g/mol. The number of aliphatic hydroxyl groups is 1. The molecule has 43 heavy (non-hydrogen) atoms. The Morgan fingerprint density at radius 1 is 0.837 bits per heavy atom. The molecule has 0 aliphatic carbocycles. The van der Waals surface area contributed by atoms with Gasteiger partial charge in [0.2, 0.25) is 16.6 Å². The number of benzene rings is 2. The number of aromatic nitrogens is 2. The van der Waals surface area contributed by atoms with Crippen LogP contribution in [-0.2, 0) is 13.0 Å². The number of hydrogen-bond acceptors (Lipinski definition) is 8. The minimum absolute atomic E-state index is 0.0525. The molecule has 8 nitrogen and oxygen atoms in total. The molecule has 0 amide bonds. The molecular formula is C33H53N3O5Si2. The third-order valence-corrected chi connectivity index (χ3v) is 17.6. The number of aryl methyl sites for hydroxylation is 1. The van der Waals surface area contributed by atoms with Crippen molar-refractivity contribution in [2.75, 3.05) is 6.54 Å². The minimum atomic E-state index is -2.09. The number of nitrogens with one attached hydrogen (secondary N) is 1. The van der Waals surface area contributed by atoms with Gasteiger partial charge < -0.3 is 24.0 Å². The first-order chi connectivity index (χ1) is 19.8. The van der Waals surface area contributed by atoms with Crippen LogP contribution in [-0.4, -0.2) is 44.6 Å². The molecular weight excluding hydrogens is 575 g/mol. The number of aliphatic hydroxyl groups excluding tert-OH is 1. The lowest BCUT2D eigenvalue weighted by atomic mass is 10.1. The van der Waals surface area contributed by atoms with Gasteiger partial charge in [0.15, 0.2) is 0 Å². The lowest BCUT2D eigenvalue weighted by Crippen LogP contribution is -2.44. The number of ether oxygens (including phenoxy) is 1. The van der Waals surface area contributed by atoms with Crippen LogP contribution < -0.4 is 18.9 Å². The minimum Gasteiger partial charge on any atom is -0.543 e. The van der Waals surface area contributed by atoms with Crippen LogP contribution in [0.1, 0.15) is 77.1 Å². The van der Waals surface area contributed by atoms with Crippen molar-refractivity contribution in [2.45, 2.75) is 117 Å². The molecule has 0 fully saturated rings. The van der Waals surface area contributed by atoms with E-state index in [1.165, 1.54) is 5.56 Å². The Balaban J connectivity index is 1.67. The third-order valence-electron chi connectivity index (χ3n) is 8.89. The number of nitrogens with zero attached hydrogens (tertiary/aromatic N) is 2. The highest BCUT2D eigenvalue weighted by Crippen LogP contribution is 2.41. The van der Waals surface area contributed by atoms with Gasteiger partial charge in [0.1, 0.15) is 35.2 Å². The summed E-state index contributed by atoms with van der Waals surface area (Å²) in [4.78, 5) is 0. The summed E-state index contributed by atoms with van der Waals surface area (Å²) in [5, 5.41) is 22.6. The van der Waals surface area contributed by atoms with Gasteiger partial charge in [-0.1, -0.05) is 64.0 Å². The molecule has 10 heteroatoms. The van der Waals surface area contributed by atoms with Gasteiger partial charge in [0.05, 0.1) is 6.10 Å². The number of rotatable bonds is 13. The zero-order valence-electron chi connectivity index (χ0n) is 28.3. The maximum absolute atomic E-state index is 11.3. The predicted molar refractivity (Wildman–Crippen MR) is 178 cm³/mol. The summed E-state index contributed by atoms with van der Waals surface area (Å²) < 4.78 is 23.9. The van der Waals surface area contributed by atoms with Crippen molar-refractivity contribution in [3.8, 4) is 17.2 Å². The zero-order valence-corrected chi connectivity index (χ0v) is 30.3. The summed E-state index contributed by atoms with van der Waals surface area (Å²) in [6.45, 7) is 27.0. The molecule has 3 aromatic rings. The van der Waals surface area contributed by atoms with Gasteiger partial charge in [-0.25, -0.2) is 4.63 Å². The summed E-state index contributed by atoms with van der Waals surface area (Å²) in [5.41, 5.74) is 3.39. The van der Waals surface area contributed by atoms with Crippen LogP contribution in [0.15, 0.2) is 47.1 Å². The van der Waals surface area contributed by atoms with Crippen molar-refractivity contribution in [3.05, 3.63) is 65.0 Å². The van der Waals surface area contributed by atoms with Crippen LogP contribution in [0.2, 0.25) is 36.3 Å². The highest BCUT2D eigenvalue weighted by molar-refractivity contribution is 6.75. The summed E-state index contributed by atoms with van der Waals surface area (Å²) in [7, 11) is -4.18. The molecule has 2 atom stereocenters. The first kappa shape index (κ1) is 34.8. The lowest BCUT2D eigenvalue weighted by Gasteiger charge is -2.38. The van der Waals surface area contributed by atoms with E-state index < -0.39 is 22.7 Å². The first-order valence-electron chi connectivity index (χ1n) is 15.2. The maximum Gasteiger partial charge on any atom is 0.250 e. The molecule has 0 saturated heterocycles. The van der Waals surface area contributed by atoms with Gasteiger partial charge in [0.25, 0.3) is 0 Å². The SMILES string of the molecule is Cc1nonc1COc1ccc(CC(C)NCC(O)c2cc(O[Si](C)(C)C(C)(C)C)cc(O[Si](C)(C)C(C)(C)C)c2)cc1. The molecule has 0 aliphatic heterocycles. The second kappa shape index (κ2) is 13.5. The quantitative estimate of drug-likeness (QED) is 0.184. The topological polar surface area (TPSA) is 98.9 Å². The molecule has 1 heterocycles. The molecule has 0 radical (unpaired) electrons. The standard InChI is InChI=1S/C33H53N3O5Si2/c1-23(17-25-13-15-27(16-14-25)38-22-30-24(2)35-41-36-30)34-21-31(37)26-18-28(39-42(9,10)32(3,4)5)20-29(19-26)40-43(11,12)33(6,7)8/h13-16,18-20,23,31,34,37H,17,21-22H2,1-12H3. The van der Waals surface area contributed by atoms with E-state index in [2.05, 4.69) is 102 Å². The van der Waals surface area contributed by atoms with Crippen LogP contribution in [0.25, 0.3) is 0 Å². The Hall–Kier alpha value is -2.67. The van der Waals surface area contributed by atoms with Crippen molar-refractivity contribution < 1.29 is 23.3 Å². The first-order valence-corrected chi connectivity index (χ1v) is 21.0. The van der Waals surface area contributed by atoms with Gasteiger partial charge >= 0.3 is 0 Å². The summed E-state index contributed by atoms with van der Waals surface area (Å²) in [6, 6.07) is 14.1. The second-order valence-corrected chi connectivity index (χ2v) is 24.2. The van der Waals surface area contributed by atoms with Crippen molar-refractivity contribution in [1.29, 1.82) is 0 Å². The molecule has 2 aromatic carbocycles. The summed E-state index contributed by atoms with van der Waals surface area (Å²) in [5.74, 6) is 2.29. The van der Waals surface area contributed by atoms with E-state index in [1.807, 2.05) is 37.3 Å². The highest BCUT2D eigenvalue weighted by Gasteiger charge is 2.41. The third kappa shape index (κ3) is 9.66. The van der Waals surface area contributed by atoms with Gasteiger partial charge in [-0.2, -0.15) is 0 Å². The Labute approximate surface area is 260 Å². The molecule has 0 bridgehead atoms. The highest BCUT2D eigenvalue weighted by atomic mass is 28.4. The molecule has 0 saturated carbocycles. The lowest BCUT2D eigenvalue weighted by molar-refractivity contribution is 0.170. The van der Waals surface area contributed by atoms with Crippen LogP contribution in [0.4, 0.5) is 0 Å². The van der Waals surface area contributed by atoms with Gasteiger partial charge in [-0.05, 0) is 91.9 Å². The molecule has 1 aromatic heterocycles. The number of hydrogen-bond donors (Lipinski definition) is 2. The zero-order chi connectivity index (χ0) is 32.2. The summed E-state index contributed by atoms with van der Waals surface area (Å²) in [6.07, 6.45) is 0.102. The smallest absolute Gasteiger partial charge is 0.250 e. The molecule has 0 aliphatic rings. The van der Waals surface area contributed by atoms with Crippen LogP contribution >= 0.6 is 0 Å². The fourth-order valence-corrected chi connectivity index (χ4v) is 5.94.